The zero-order chi connectivity index (χ0) is 34.5. The first-order valence-corrected chi connectivity index (χ1v) is 18.7. The number of hydrogen-bond donors (Lipinski definition) is 2. The molecule has 5 rings (SSSR count). The molecule has 254 valence electrons. The molecule has 1 fully saturated rings. The van der Waals surface area contributed by atoms with Crippen LogP contribution in [0.5, 0.6) is 5.75 Å². The maximum Gasteiger partial charge on any atom is 0.303 e. The zero-order valence-corrected chi connectivity index (χ0v) is 29.9. The fourth-order valence-corrected chi connectivity index (χ4v) is 11.4. The first-order valence-electron chi connectivity index (χ1n) is 16.4. The lowest BCUT2D eigenvalue weighted by Gasteiger charge is -2.46. The third-order valence-electron chi connectivity index (χ3n) is 8.90. The van der Waals surface area contributed by atoms with Crippen LogP contribution in [0.4, 0.5) is 0 Å². The molecule has 1 aliphatic heterocycles. The van der Waals surface area contributed by atoms with Crippen molar-refractivity contribution in [1.29, 1.82) is 0 Å². The first-order chi connectivity index (χ1) is 22.9. The van der Waals surface area contributed by atoms with Gasteiger partial charge in [0.25, 0.3) is 8.32 Å². The summed E-state index contributed by atoms with van der Waals surface area (Å²) in [7, 11) is -2.98. The quantitative estimate of drug-likeness (QED) is 0.148. The van der Waals surface area contributed by atoms with E-state index in [0.717, 1.165) is 27.2 Å². The van der Waals surface area contributed by atoms with E-state index >= 15 is 0 Å². The van der Waals surface area contributed by atoms with Crippen molar-refractivity contribution in [2.24, 2.45) is 0 Å². The van der Waals surface area contributed by atoms with Crippen LogP contribution in [-0.2, 0) is 25.1 Å². The van der Waals surface area contributed by atoms with Gasteiger partial charge in [-0.05, 0) is 63.6 Å². The van der Waals surface area contributed by atoms with E-state index in [1.54, 1.807) is 12.1 Å². The van der Waals surface area contributed by atoms with Crippen molar-refractivity contribution in [3.63, 3.8) is 0 Å². The average Bonchev–Trinajstić information content (AvgIpc) is 3.07. The topological polar surface area (TPSA) is 94.5 Å². The molecule has 4 aromatic carbocycles. The lowest BCUT2D eigenvalue weighted by atomic mass is 9.90. The summed E-state index contributed by atoms with van der Waals surface area (Å²) in [5.74, 6) is 0.199. The van der Waals surface area contributed by atoms with E-state index in [0.29, 0.717) is 23.6 Å². The van der Waals surface area contributed by atoms with Crippen molar-refractivity contribution in [2.75, 3.05) is 13.2 Å². The molecule has 9 heteroatoms. The minimum atomic E-state index is -2.98. The molecule has 48 heavy (non-hydrogen) atoms. The Morgan fingerprint density at radius 1 is 0.875 bits per heavy atom. The smallest absolute Gasteiger partial charge is 0.303 e. The summed E-state index contributed by atoms with van der Waals surface area (Å²) in [4.78, 5) is 12.2. The Kier molecular flexibility index (Phi) is 11.5. The number of esters is 1. The van der Waals surface area contributed by atoms with Crippen LogP contribution in [0, 0.1) is 0 Å². The Morgan fingerprint density at radius 3 is 2.02 bits per heavy atom. The summed E-state index contributed by atoms with van der Waals surface area (Å²) < 4.78 is 24.8. The van der Waals surface area contributed by atoms with Gasteiger partial charge in [-0.1, -0.05) is 117 Å². The fraction of sp³-hybridized carbons (Fsp3) is 0.359. The molecule has 0 spiro atoms. The number of aliphatic hydroxyl groups excluding tert-OH is 2. The van der Waals surface area contributed by atoms with Gasteiger partial charge in [-0.15, -0.1) is 0 Å². The highest BCUT2D eigenvalue weighted by Gasteiger charge is 2.53. The van der Waals surface area contributed by atoms with Gasteiger partial charge in [-0.2, -0.15) is 0 Å². The molecule has 2 N–H and O–H groups in total. The second-order valence-corrected chi connectivity index (χ2v) is 17.9. The highest BCUT2D eigenvalue weighted by molar-refractivity contribution is 6.99. The van der Waals surface area contributed by atoms with Crippen LogP contribution in [0.1, 0.15) is 57.4 Å². The normalized spacial score (nSPS) is 21.5. The van der Waals surface area contributed by atoms with Crippen LogP contribution in [0.25, 0.3) is 0 Å². The second-order valence-electron chi connectivity index (χ2n) is 13.2. The summed E-state index contributed by atoms with van der Waals surface area (Å²) in [5, 5.41) is 25.3. The van der Waals surface area contributed by atoms with Crippen LogP contribution in [0.15, 0.2) is 103 Å². The van der Waals surface area contributed by atoms with Gasteiger partial charge in [0, 0.05) is 11.9 Å². The molecule has 1 saturated heterocycles. The molecule has 0 saturated carbocycles. The van der Waals surface area contributed by atoms with Gasteiger partial charge in [-0.25, -0.2) is 0 Å². The van der Waals surface area contributed by atoms with Crippen molar-refractivity contribution in [3.05, 3.63) is 125 Å². The molecular weight excluding hydrogens is 644 g/mol. The third kappa shape index (κ3) is 7.70. The summed E-state index contributed by atoms with van der Waals surface area (Å²) in [6, 6.07) is 33.7. The van der Waals surface area contributed by atoms with E-state index in [1.165, 1.54) is 6.92 Å². The van der Waals surface area contributed by atoms with E-state index in [1.807, 2.05) is 73.7 Å². The molecular formula is C39H45ClO7Si. The molecule has 0 amide bonds. The standard InChI is InChI=1S/C39H45ClO7Si/c1-6-44-30-20-17-27(18-21-30)23-29-24-28(19-22-33(29)40)37-38(46-26(2)41)36(43)35(42)34(47-37)25-45-48(39(3,4)5,31-13-9-7-10-14-31)32-15-11-8-12-16-32/h7-22,24,34-38,42-43H,6,23,25H2,1-5H3. The Bertz CT molecular complexity index is 1600. The molecule has 4 aromatic rings. The lowest BCUT2D eigenvalue weighted by Crippen LogP contribution is -2.68. The molecule has 1 heterocycles. The number of aliphatic hydroxyl groups is 2. The van der Waals surface area contributed by atoms with E-state index < -0.39 is 44.8 Å². The SMILES string of the molecule is CCOc1ccc(Cc2cc(C3OC(CO[Si](c4ccccc4)(c4ccccc4)C(C)(C)C)C(O)C(O)C3OC(C)=O)ccc2Cl)cc1. The lowest BCUT2D eigenvalue weighted by molar-refractivity contribution is -0.239. The molecule has 0 aromatic heterocycles. The minimum absolute atomic E-state index is 0.00141. The maximum atomic E-state index is 12.2. The largest absolute Gasteiger partial charge is 0.494 e. The second kappa shape index (κ2) is 15.4. The predicted octanol–water partition coefficient (Wildman–Crippen LogP) is 6.00. The maximum absolute atomic E-state index is 12.2. The van der Waals surface area contributed by atoms with E-state index in [4.69, 9.17) is 30.2 Å². The number of carbonyl (C=O) groups is 1. The molecule has 0 radical (unpaired) electrons. The van der Waals surface area contributed by atoms with E-state index in [9.17, 15) is 15.0 Å². The van der Waals surface area contributed by atoms with E-state index in [-0.39, 0.29) is 11.6 Å². The van der Waals surface area contributed by atoms with Crippen LogP contribution in [-0.4, -0.2) is 62.1 Å². The van der Waals surface area contributed by atoms with E-state index in [2.05, 4.69) is 45.0 Å². The molecule has 0 aliphatic carbocycles. The van der Waals surface area contributed by atoms with Crippen molar-refractivity contribution in [3.8, 4) is 5.75 Å². The number of rotatable bonds is 11. The Morgan fingerprint density at radius 2 is 1.48 bits per heavy atom. The molecule has 7 nitrogen and oxygen atoms in total. The van der Waals surface area contributed by atoms with Gasteiger partial charge in [0.05, 0.1) is 13.2 Å². The van der Waals surface area contributed by atoms with Crippen LogP contribution in [0.3, 0.4) is 0 Å². The van der Waals surface area contributed by atoms with Crippen LogP contribution >= 0.6 is 11.6 Å². The summed E-state index contributed by atoms with van der Waals surface area (Å²) in [5.41, 5.74) is 2.53. The Balaban J connectivity index is 1.48. The monoisotopic (exact) mass is 688 g/mol. The van der Waals surface area contributed by atoms with Crippen molar-refractivity contribution in [1.82, 2.24) is 0 Å². The molecule has 5 unspecified atom stereocenters. The highest BCUT2D eigenvalue weighted by Crippen LogP contribution is 2.40. The average molecular weight is 689 g/mol. The van der Waals surface area contributed by atoms with Gasteiger partial charge in [0.2, 0.25) is 0 Å². The number of halogens is 1. The number of benzene rings is 4. The Labute approximate surface area is 289 Å². The summed E-state index contributed by atoms with van der Waals surface area (Å²) in [6.45, 7) is 10.3. The predicted molar refractivity (Wildman–Crippen MR) is 191 cm³/mol. The van der Waals surface area contributed by atoms with Crippen molar-refractivity contribution >= 4 is 36.3 Å². The summed E-state index contributed by atoms with van der Waals surface area (Å²) >= 11 is 6.67. The zero-order valence-electron chi connectivity index (χ0n) is 28.1. The number of carbonyl (C=O) groups excluding carboxylic acids is 1. The molecule has 1 aliphatic rings. The summed E-state index contributed by atoms with van der Waals surface area (Å²) in [6.07, 6.45) is -5.23. The number of hydrogen-bond acceptors (Lipinski definition) is 7. The van der Waals surface area contributed by atoms with Crippen molar-refractivity contribution in [2.45, 2.75) is 76.6 Å². The van der Waals surface area contributed by atoms with Gasteiger partial charge in [0.15, 0.2) is 6.10 Å². The van der Waals surface area contributed by atoms with Crippen molar-refractivity contribution < 1.29 is 33.6 Å². The van der Waals surface area contributed by atoms with Crippen LogP contribution < -0.4 is 15.1 Å². The first kappa shape index (κ1) is 35.8. The number of ether oxygens (including phenoxy) is 3. The van der Waals surface area contributed by atoms with Crippen LogP contribution in [0.2, 0.25) is 10.1 Å². The van der Waals surface area contributed by atoms with Gasteiger partial charge >= 0.3 is 5.97 Å². The molecule has 0 bridgehead atoms. The van der Waals surface area contributed by atoms with Gasteiger partial charge in [0.1, 0.15) is 30.2 Å². The highest BCUT2D eigenvalue weighted by atomic mass is 35.5. The minimum Gasteiger partial charge on any atom is -0.494 e. The van der Waals surface area contributed by atoms with Gasteiger partial charge in [-0.3, -0.25) is 4.79 Å². The third-order valence-corrected chi connectivity index (χ3v) is 14.3. The molecule has 5 atom stereocenters. The van der Waals surface area contributed by atoms with Gasteiger partial charge < -0.3 is 28.8 Å². The Hall–Kier alpha value is -3.50. The fourth-order valence-electron chi connectivity index (χ4n) is 6.63.